The number of fused-ring (bicyclic) bond motifs is 1. The predicted octanol–water partition coefficient (Wildman–Crippen LogP) is 4.37. The molecular weight excluding hydrogens is 464 g/mol. The van der Waals surface area contributed by atoms with E-state index < -0.39 is 4.92 Å². The second-order valence-corrected chi connectivity index (χ2v) is 8.35. The SMILES string of the molecule is COc1ccc(CC(=O)N2CCc3cc(OC)c(OC)cc3[C@@H]2COc2ccc([N+](=O)[O-])cc2)cc1. The first-order valence-corrected chi connectivity index (χ1v) is 11.5. The van der Waals surface area contributed by atoms with Crippen molar-refractivity contribution in [2.45, 2.75) is 18.9 Å². The van der Waals surface area contributed by atoms with Crippen molar-refractivity contribution in [3.05, 3.63) is 87.5 Å². The molecule has 0 fully saturated rings. The van der Waals surface area contributed by atoms with Crippen LogP contribution in [0.3, 0.4) is 0 Å². The first-order valence-electron chi connectivity index (χ1n) is 11.5. The van der Waals surface area contributed by atoms with Gasteiger partial charge in [-0.05, 0) is 59.5 Å². The minimum atomic E-state index is -0.458. The van der Waals surface area contributed by atoms with Crippen molar-refractivity contribution in [3.63, 3.8) is 0 Å². The highest BCUT2D eigenvalue weighted by atomic mass is 16.6. The van der Waals surface area contributed by atoms with Gasteiger partial charge >= 0.3 is 0 Å². The smallest absolute Gasteiger partial charge is 0.269 e. The van der Waals surface area contributed by atoms with Gasteiger partial charge in [0.25, 0.3) is 5.69 Å². The average molecular weight is 493 g/mol. The van der Waals surface area contributed by atoms with Gasteiger partial charge in [-0.2, -0.15) is 0 Å². The zero-order valence-electron chi connectivity index (χ0n) is 20.4. The fraction of sp³-hybridized carbons (Fsp3) is 0.296. The topological polar surface area (TPSA) is 100 Å². The molecule has 188 valence electrons. The molecule has 0 bridgehead atoms. The van der Waals surface area contributed by atoms with E-state index in [9.17, 15) is 14.9 Å². The Bertz CT molecular complexity index is 1230. The second-order valence-electron chi connectivity index (χ2n) is 8.35. The number of nitro benzene ring substituents is 1. The largest absolute Gasteiger partial charge is 0.497 e. The maximum absolute atomic E-state index is 13.5. The van der Waals surface area contributed by atoms with Gasteiger partial charge in [-0.25, -0.2) is 0 Å². The molecular formula is C27H28N2O7. The van der Waals surface area contributed by atoms with Crippen molar-refractivity contribution in [2.75, 3.05) is 34.5 Å². The molecule has 3 aromatic carbocycles. The summed E-state index contributed by atoms with van der Waals surface area (Å²) in [7, 11) is 4.76. The van der Waals surface area contributed by atoms with E-state index in [1.54, 1.807) is 33.5 Å². The van der Waals surface area contributed by atoms with E-state index in [1.165, 1.54) is 12.1 Å². The molecule has 0 unspecified atom stereocenters. The molecule has 9 heteroatoms. The summed E-state index contributed by atoms with van der Waals surface area (Å²) < 4.78 is 22.2. The Morgan fingerprint density at radius 2 is 1.58 bits per heavy atom. The molecule has 9 nitrogen and oxygen atoms in total. The molecule has 0 saturated carbocycles. The Balaban J connectivity index is 1.61. The van der Waals surface area contributed by atoms with Crippen molar-refractivity contribution in [2.24, 2.45) is 0 Å². The van der Waals surface area contributed by atoms with E-state index in [-0.39, 0.29) is 30.7 Å². The summed E-state index contributed by atoms with van der Waals surface area (Å²) >= 11 is 0. The summed E-state index contributed by atoms with van der Waals surface area (Å²) in [4.78, 5) is 25.8. The normalized spacial score (nSPS) is 14.5. The Kier molecular flexibility index (Phi) is 7.58. The number of benzene rings is 3. The lowest BCUT2D eigenvalue weighted by Gasteiger charge is -2.37. The van der Waals surface area contributed by atoms with Crippen LogP contribution in [0.2, 0.25) is 0 Å². The first kappa shape index (κ1) is 24.8. The highest BCUT2D eigenvalue weighted by Gasteiger charge is 2.33. The minimum absolute atomic E-state index is 0.0153. The molecule has 0 saturated heterocycles. The van der Waals surface area contributed by atoms with E-state index in [4.69, 9.17) is 18.9 Å². The van der Waals surface area contributed by atoms with Gasteiger partial charge < -0.3 is 23.8 Å². The molecule has 1 amide bonds. The summed E-state index contributed by atoms with van der Waals surface area (Å²) in [5.41, 5.74) is 2.84. The van der Waals surface area contributed by atoms with Crippen LogP contribution in [-0.4, -0.2) is 50.2 Å². The van der Waals surface area contributed by atoms with Crippen LogP contribution in [0.15, 0.2) is 60.7 Å². The molecule has 1 aliphatic rings. The summed E-state index contributed by atoms with van der Waals surface area (Å²) in [6.07, 6.45) is 0.902. The zero-order chi connectivity index (χ0) is 25.7. The first-order chi connectivity index (χ1) is 17.4. The summed E-state index contributed by atoms with van der Waals surface area (Å²) in [6, 6.07) is 16.8. The van der Waals surface area contributed by atoms with Gasteiger partial charge in [-0.3, -0.25) is 14.9 Å². The lowest BCUT2D eigenvalue weighted by atomic mass is 9.91. The van der Waals surface area contributed by atoms with E-state index in [0.717, 1.165) is 22.4 Å². The molecule has 3 aromatic rings. The van der Waals surface area contributed by atoms with Crippen LogP contribution < -0.4 is 18.9 Å². The predicted molar refractivity (Wildman–Crippen MR) is 133 cm³/mol. The number of carbonyl (C=O) groups is 1. The van der Waals surface area contributed by atoms with Gasteiger partial charge in [-0.1, -0.05) is 12.1 Å². The number of ether oxygens (including phenoxy) is 4. The fourth-order valence-electron chi connectivity index (χ4n) is 4.37. The van der Waals surface area contributed by atoms with E-state index in [0.29, 0.717) is 30.2 Å². The van der Waals surface area contributed by atoms with Crippen molar-refractivity contribution in [3.8, 4) is 23.0 Å². The van der Waals surface area contributed by atoms with Gasteiger partial charge in [0.05, 0.1) is 38.7 Å². The highest BCUT2D eigenvalue weighted by Crippen LogP contribution is 2.38. The third kappa shape index (κ3) is 5.35. The maximum atomic E-state index is 13.5. The summed E-state index contributed by atoms with van der Waals surface area (Å²) in [5.74, 6) is 2.38. The van der Waals surface area contributed by atoms with Crippen LogP contribution >= 0.6 is 0 Å². The number of rotatable bonds is 9. The van der Waals surface area contributed by atoms with Crippen LogP contribution in [-0.2, 0) is 17.6 Å². The third-order valence-corrected chi connectivity index (χ3v) is 6.29. The summed E-state index contributed by atoms with van der Waals surface area (Å²) in [6.45, 7) is 0.695. The number of methoxy groups -OCH3 is 3. The Hall–Kier alpha value is -4.27. The fourth-order valence-corrected chi connectivity index (χ4v) is 4.37. The van der Waals surface area contributed by atoms with Crippen LogP contribution in [0.4, 0.5) is 5.69 Å². The van der Waals surface area contributed by atoms with Gasteiger partial charge in [-0.15, -0.1) is 0 Å². The molecule has 0 aliphatic carbocycles. The van der Waals surface area contributed by atoms with Gasteiger partial charge in [0.15, 0.2) is 11.5 Å². The molecule has 36 heavy (non-hydrogen) atoms. The molecule has 0 aromatic heterocycles. The van der Waals surface area contributed by atoms with Crippen LogP contribution in [0.1, 0.15) is 22.7 Å². The number of hydrogen-bond donors (Lipinski definition) is 0. The average Bonchev–Trinajstić information content (AvgIpc) is 2.91. The second kappa shape index (κ2) is 11.0. The Morgan fingerprint density at radius 3 is 2.19 bits per heavy atom. The quantitative estimate of drug-likeness (QED) is 0.323. The van der Waals surface area contributed by atoms with Crippen molar-refractivity contribution in [1.29, 1.82) is 0 Å². The molecule has 1 heterocycles. The van der Waals surface area contributed by atoms with Crippen LogP contribution in [0, 0.1) is 10.1 Å². The number of carbonyl (C=O) groups excluding carboxylic acids is 1. The number of hydrogen-bond acceptors (Lipinski definition) is 7. The Morgan fingerprint density at radius 1 is 0.944 bits per heavy atom. The lowest BCUT2D eigenvalue weighted by Crippen LogP contribution is -2.43. The molecule has 0 N–H and O–H groups in total. The maximum Gasteiger partial charge on any atom is 0.269 e. The number of amides is 1. The van der Waals surface area contributed by atoms with Gasteiger partial charge in [0, 0.05) is 18.7 Å². The molecule has 1 aliphatic heterocycles. The standard InChI is InChI=1S/C27H28N2O7/c1-33-21-8-4-18(5-9-21)14-27(30)28-13-12-19-15-25(34-2)26(35-3)16-23(19)24(28)17-36-22-10-6-20(7-11-22)29(31)32/h4-11,15-16,24H,12-14,17H2,1-3H3/t24-/m0/s1. The van der Waals surface area contributed by atoms with Crippen molar-refractivity contribution >= 4 is 11.6 Å². The number of nitrogens with zero attached hydrogens (tertiary/aromatic N) is 2. The minimum Gasteiger partial charge on any atom is -0.497 e. The van der Waals surface area contributed by atoms with Gasteiger partial charge in [0.1, 0.15) is 18.1 Å². The lowest BCUT2D eigenvalue weighted by molar-refractivity contribution is -0.384. The van der Waals surface area contributed by atoms with Crippen LogP contribution in [0.5, 0.6) is 23.0 Å². The highest BCUT2D eigenvalue weighted by molar-refractivity contribution is 5.80. The van der Waals surface area contributed by atoms with Crippen molar-refractivity contribution in [1.82, 2.24) is 4.90 Å². The van der Waals surface area contributed by atoms with E-state index in [2.05, 4.69) is 0 Å². The van der Waals surface area contributed by atoms with Crippen LogP contribution in [0.25, 0.3) is 0 Å². The van der Waals surface area contributed by atoms with E-state index in [1.807, 2.05) is 41.3 Å². The zero-order valence-corrected chi connectivity index (χ0v) is 20.4. The van der Waals surface area contributed by atoms with Crippen molar-refractivity contribution < 1.29 is 28.7 Å². The molecule has 0 spiro atoms. The molecule has 0 radical (unpaired) electrons. The van der Waals surface area contributed by atoms with Gasteiger partial charge in [0.2, 0.25) is 5.91 Å². The molecule has 4 rings (SSSR count). The number of nitro groups is 1. The third-order valence-electron chi connectivity index (χ3n) is 6.29. The monoisotopic (exact) mass is 492 g/mol. The Labute approximate surface area is 209 Å². The van der Waals surface area contributed by atoms with E-state index >= 15 is 0 Å². The molecule has 1 atom stereocenters. The summed E-state index contributed by atoms with van der Waals surface area (Å²) in [5, 5.41) is 11.0. The number of non-ortho nitro benzene ring substituents is 1.